The first-order valence-corrected chi connectivity index (χ1v) is 8.20. The van der Waals surface area contributed by atoms with Crippen molar-refractivity contribution in [1.82, 2.24) is 19.6 Å². The molecule has 2 rings (SSSR count). The van der Waals surface area contributed by atoms with Crippen LogP contribution in [0.5, 0.6) is 0 Å². The monoisotopic (exact) mass is 286 g/mol. The largest absolute Gasteiger partial charge is 0.332 e. The Morgan fingerprint density at radius 3 is 3.00 bits per heavy atom. The lowest BCUT2D eigenvalue weighted by molar-refractivity contribution is 0.263. The van der Waals surface area contributed by atoms with Crippen molar-refractivity contribution in [3.8, 4) is 0 Å². The quantitative estimate of drug-likeness (QED) is 0.830. The summed E-state index contributed by atoms with van der Waals surface area (Å²) in [7, 11) is -1.52. The molecule has 0 aliphatic carbocycles. The van der Waals surface area contributed by atoms with Gasteiger partial charge < -0.3 is 10.3 Å². The lowest BCUT2D eigenvalue weighted by atomic mass is 10.00. The second-order valence-electron chi connectivity index (χ2n) is 4.98. The molecule has 2 heterocycles. The smallest absolute Gasteiger partial charge is 0.260 e. The molecule has 0 bridgehead atoms. The van der Waals surface area contributed by atoms with Crippen LogP contribution in [0.4, 0.5) is 0 Å². The molecule has 1 aromatic heterocycles. The fourth-order valence-electron chi connectivity index (χ4n) is 2.49. The maximum Gasteiger partial charge on any atom is 0.260 e. The molecule has 0 aromatic carbocycles. The molecule has 108 valence electrons. The van der Waals surface area contributed by atoms with Gasteiger partial charge in [0.25, 0.3) is 10.0 Å². The Morgan fingerprint density at radius 2 is 2.37 bits per heavy atom. The minimum absolute atomic E-state index is 0.217. The molecule has 7 heteroatoms. The number of piperidine rings is 1. The lowest BCUT2D eigenvalue weighted by Gasteiger charge is -2.31. The molecule has 1 unspecified atom stereocenters. The fourth-order valence-corrected chi connectivity index (χ4v) is 3.98. The van der Waals surface area contributed by atoms with Crippen LogP contribution in [-0.2, 0) is 16.4 Å². The molecular formula is C12H22N4O2S. The minimum Gasteiger partial charge on any atom is -0.332 e. The molecule has 1 aliphatic heterocycles. The van der Waals surface area contributed by atoms with Gasteiger partial charge in [0.15, 0.2) is 5.03 Å². The number of rotatable bonds is 5. The zero-order chi connectivity index (χ0) is 13.9. The first-order chi connectivity index (χ1) is 9.07. The first kappa shape index (κ1) is 14.5. The number of aromatic nitrogens is 2. The number of aryl methyl sites for hydroxylation is 1. The Hall–Kier alpha value is -0.920. The van der Waals surface area contributed by atoms with E-state index >= 15 is 0 Å². The van der Waals surface area contributed by atoms with Gasteiger partial charge in [-0.15, -0.1) is 0 Å². The molecule has 0 amide bonds. The van der Waals surface area contributed by atoms with E-state index < -0.39 is 10.0 Å². The van der Waals surface area contributed by atoms with E-state index in [0.29, 0.717) is 31.3 Å². The number of hydrogen-bond donors (Lipinski definition) is 2. The van der Waals surface area contributed by atoms with Crippen molar-refractivity contribution in [3.05, 3.63) is 12.0 Å². The highest BCUT2D eigenvalue weighted by Gasteiger charge is 2.31. The number of sulfonamides is 1. The summed E-state index contributed by atoms with van der Waals surface area (Å²) < 4.78 is 26.6. The molecule has 6 nitrogen and oxygen atoms in total. The topological polar surface area (TPSA) is 78.1 Å². The highest BCUT2D eigenvalue weighted by molar-refractivity contribution is 7.89. The van der Waals surface area contributed by atoms with Crippen molar-refractivity contribution in [2.75, 3.05) is 26.7 Å². The van der Waals surface area contributed by atoms with Crippen molar-refractivity contribution < 1.29 is 8.42 Å². The predicted molar refractivity (Wildman–Crippen MR) is 73.4 cm³/mol. The minimum atomic E-state index is -3.42. The van der Waals surface area contributed by atoms with Gasteiger partial charge in [0.1, 0.15) is 5.82 Å². The highest BCUT2D eigenvalue weighted by Crippen LogP contribution is 2.22. The van der Waals surface area contributed by atoms with Crippen molar-refractivity contribution in [2.24, 2.45) is 5.92 Å². The summed E-state index contributed by atoms with van der Waals surface area (Å²) in [5, 5.41) is 3.34. The average molecular weight is 286 g/mol. The summed E-state index contributed by atoms with van der Waals surface area (Å²) in [6.45, 7) is 3.99. The number of imidazole rings is 1. The third-order valence-corrected chi connectivity index (χ3v) is 5.31. The SMILES string of the molecule is CCc1ncc(S(=O)(=O)N2CCCC(CNC)C2)[nH]1. The van der Waals surface area contributed by atoms with Gasteiger partial charge in [-0.25, -0.2) is 13.4 Å². The maximum atomic E-state index is 12.5. The van der Waals surface area contributed by atoms with Gasteiger partial charge in [-0.3, -0.25) is 0 Å². The molecule has 1 aromatic rings. The van der Waals surface area contributed by atoms with Crippen molar-refractivity contribution in [2.45, 2.75) is 31.2 Å². The van der Waals surface area contributed by atoms with E-state index in [9.17, 15) is 8.42 Å². The van der Waals surface area contributed by atoms with Gasteiger partial charge >= 0.3 is 0 Å². The summed E-state index contributed by atoms with van der Waals surface area (Å²) in [4.78, 5) is 6.97. The second-order valence-corrected chi connectivity index (χ2v) is 6.88. The van der Waals surface area contributed by atoms with Crippen LogP contribution >= 0.6 is 0 Å². The molecule has 0 spiro atoms. The molecule has 0 saturated carbocycles. The number of nitrogens with zero attached hydrogens (tertiary/aromatic N) is 2. The molecule has 2 N–H and O–H groups in total. The van der Waals surface area contributed by atoms with Gasteiger partial charge in [-0.2, -0.15) is 4.31 Å². The zero-order valence-corrected chi connectivity index (χ0v) is 12.3. The summed E-state index contributed by atoms with van der Waals surface area (Å²) >= 11 is 0. The maximum absolute atomic E-state index is 12.5. The number of aromatic amines is 1. The Balaban J connectivity index is 2.14. The van der Waals surface area contributed by atoms with E-state index in [4.69, 9.17) is 0 Å². The van der Waals surface area contributed by atoms with E-state index in [1.54, 1.807) is 4.31 Å². The lowest BCUT2D eigenvalue weighted by Crippen LogP contribution is -2.42. The molecule has 1 aliphatic rings. The van der Waals surface area contributed by atoms with Gasteiger partial charge in [0, 0.05) is 19.5 Å². The van der Waals surface area contributed by atoms with Crippen LogP contribution in [0.2, 0.25) is 0 Å². The van der Waals surface area contributed by atoms with Crippen molar-refractivity contribution in [3.63, 3.8) is 0 Å². The van der Waals surface area contributed by atoms with Crippen LogP contribution in [-0.4, -0.2) is 49.4 Å². The molecule has 1 atom stereocenters. The molecule has 1 fully saturated rings. The Kier molecular flexibility index (Phi) is 4.59. The van der Waals surface area contributed by atoms with Crippen LogP contribution < -0.4 is 5.32 Å². The first-order valence-electron chi connectivity index (χ1n) is 6.76. The summed E-state index contributed by atoms with van der Waals surface area (Å²) in [6, 6.07) is 0. The van der Waals surface area contributed by atoms with Crippen molar-refractivity contribution >= 4 is 10.0 Å². The van der Waals surface area contributed by atoms with Gasteiger partial charge in [-0.1, -0.05) is 6.92 Å². The van der Waals surface area contributed by atoms with E-state index in [-0.39, 0.29) is 5.03 Å². The van der Waals surface area contributed by atoms with E-state index in [0.717, 1.165) is 19.4 Å². The molecule has 0 radical (unpaired) electrons. The van der Waals surface area contributed by atoms with Gasteiger partial charge in [0.2, 0.25) is 0 Å². The normalized spacial score (nSPS) is 21.7. The fraction of sp³-hybridized carbons (Fsp3) is 0.750. The highest BCUT2D eigenvalue weighted by atomic mass is 32.2. The Labute approximate surface area is 114 Å². The van der Waals surface area contributed by atoms with Crippen LogP contribution in [0.25, 0.3) is 0 Å². The Bertz CT molecular complexity index is 510. The summed E-state index contributed by atoms with van der Waals surface area (Å²) in [6.07, 6.45) is 4.13. The summed E-state index contributed by atoms with van der Waals surface area (Å²) in [5.41, 5.74) is 0. The number of hydrogen-bond acceptors (Lipinski definition) is 4. The number of nitrogens with one attached hydrogen (secondary N) is 2. The van der Waals surface area contributed by atoms with E-state index in [2.05, 4.69) is 15.3 Å². The third kappa shape index (κ3) is 3.16. The number of H-pyrrole nitrogens is 1. The van der Waals surface area contributed by atoms with E-state index in [1.807, 2.05) is 14.0 Å². The molecular weight excluding hydrogens is 264 g/mol. The zero-order valence-electron chi connectivity index (χ0n) is 11.5. The second kappa shape index (κ2) is 6.02. The molecule has 19 heavy (non-hydrogen) atoms. The third-order valence-electron chi connectivity index (χ3n) is 3.53. The average Bonchev–Trinajstić information content (AvgIpc) is 2.89. The van der Waals surface area contributed by atoms with Crippen LogP contribution in [0.1, 0.15) is 25.6 Å². The van der Waals surface area contributed by atoms with Crippen molar-refractivity contribution in [1.29, 1.82) is 0 Å². The molecule has 1 saturated heterocycles. The summed E-state index contributed by atoms with van der Waals surface area (Å²) in [5.74, 6) is 1.10. The van der Waals surface area contributed by atoms with E-state index in [1.165, 1.54) is 6.20 Å². The predicted octanol–water partition coefficient (Wildman–Crippen LogP) is 0.592. The van der Waals surface area contributed by atoms with Gasteiger partial charge in [0.05, 0.1) is 6.20 Å². The Morgan fingerprint density at radius 1 is 1.58 bits per heavy atom. The van der Waals surface area contributed by atoms with Gasteiger partial charge in [-0.05, 0) is 32.4 Å². The van der Waals surface area contributed by atoms with Crippen LogP contribution in [0.15, 0.2) is 11.2 Å². The standard InChI is InChI=1S/C12H22N4O2S/c1-3-11-14-8-12(15-11)19(17,18)16-6-4-5-10(9-16)7-13-2/h8,10,13H,3-7,9H2,1-2H3,(H,14,15). The van der Waals surface area contributed by atoms with Crippen LogP contribution in [0, 0.1) is 5.92 Å². The van der Waals surface area contributed by atoms with Crippen LogP contribution in [0.3, 0.4) is 0 Å².